The number of nitrogens with zero attached hydrogens (tertiary/aromatic N) is 1. The zero-order valence-electron chi connectivity index (χ0n) is 13.6. The summed E-state index contributed by atoms with van der Waals surface area (Å²) in [5, 5.41) is 23.0. The highest BCUT2D eigenvalue weighted by molar-refractivity contribution is 5.99. The third kappa shape index (κ3) is 4.31. The van der Waals surface area contributed by atoms with Crippen LogP contribution in [-0.4, -0.2) is 28.0 Å². The Morgan fingerprint density at radius 3 is 2.60 bits per heavy atom. The summed E-state index contributed by atoms with van der Waals surface area (Å²) < 4.78 is 5.03. The van der Waals surface area contributed by atoms with Gasteiger partial charge >= 0.3 is 5.97 Å². The number of benzene rings is 2. The van der Waals surface area contributed by atoms with Gasteiger partial charge in [-0.25, -0.2) is 4.79 Å². The molecule has 0 spiro atoms. The maximum Gasteiger partial charge on any atom is 0.342 e. The Morgan fingerprint density at radius 2 is 1.92 bits per heavy atom. The van der Waals surface area contributed by atoms with Crippen LogP contribution in [0, 0.1) is 17.0 Å². The first-order valence-corrected chi connectivity index (χ1v) is 7.34. The highest BCUT2D eigenvalue weighted by atomic mass is 16.6. The van der Waals surface area contributed by atoms with Gasteiger partial charge in [0.15, 0.2) is 6.10 Å². The molecule has 2 N–H and O–H groups in total. The molecule has 0 aromatic heterocycles. The van der Waals surface area contributed by atoms with Gasteiger partial charge in [-0.3, -0.25) is 14.9 Å². The monoisotopic (exact) mass is 344 g/mol. The van der Waals surface area contributed by atoms with Crippen LogP contribution in [0.2, 0.25) is 0 Å². The first-order valence-electron chi connectivity index (χ1n) is 7.34. The molecule has 0 bridgehead atoms. The summed E-state index contributed by atoms with van der Waals surface area (Å²) >= 11 is 0. The van der Waals surface area contributed by atoms with Gasteiger partial charge in [0.1, 0.15) is 17.0 Å². The van der Waals surface area contributed by atoms with Crippen LogP contribution in [0.25, 0.3) is 0 Å². The van der Waals surface area contributed by atoms with Crippen LogP contribution in [0.5, 0.6) is 5.75 Å². The number of anilines is 1. The number of carbonyl (C=O) groups is 2. The van der Waals surface area contributed by atoms with Crippen molar-refractivity contribution < 1.29 is 24.4 Å². The Morgan fingerprint density at radius 1 is 1.24 bits per heavy atom. The summed E-state index contributed by atoms with van der Waals surface area (Å²) in [6, 6.07) is 10.0. The van der Waals surface area contributed by atoms with Gasteiger partial charge in [-0.2, -0.15) is 0 Å². The van der Waals surface area contributed by atoms with Crippen LogP contribution < -0.4 is 5.32 Å². The summed E-state index contributed by atoms with van der Waals surface area (Å²) in [7, 11) is 0. The Bertz CT molecular complexity index is 834. The van der Waals surface area contributed by atoms with E-state index in [1.54, 1.807) is 13.0 Å². The number of nitro benzene ring substituents is 1. The lowest BCUT2D eigenvalue weighted by atomic mass is 10.1. The highest BCUT2D eigenvalue weighted by Gasteiger charge is 2.23. The molecule has 2 rings (SSSR count). The number of aryl methyl sites for hydroxylation is 1. The Balaban J connectivity index is 2.09. The number of para-hydroxylation sites is 2. The fourth-order valence-electron chi connectivity index (χ4n) is 2.06. The van der Waals surface area contributed by atoms with Crippen molar-refractivity contribution in [3.63, 3.8) is 0 Å². The molecule has 0 aliphatic rings. The van der Waals surface area contributed by atoms with Crippen LogP contribution in [-0.2, 0) is 9.53 Å². The highest BCUT2D eigenvalue weighted by Crippen LogP contribution is 2.24. The lowest BCUT2D eigenvalue weighted by molar-refractivity contribution is -0.383. The number of phenolic OH excluding ortho intramolecular Hbond substituents is 1. The summed E-state index contributed by atoms with van der Waals surface area (Å²) in [6.45, 7) is 3.07. The average Bonchev–Trinajstić information content (AvgIpc) is 2.57. The number of aromatic hydroxyl groups is 1. The molecule has 25 heavy (non-hydrogen) atoms. The molecular formula is C17H16N2O6. The van der Waals surface area contributed by atoms with Gasteiger partial charge in [-0.15, -0.1) is 0 Å². The lowest BCUT2D eigenvalue weighted by Crippen LogP contribution is -2.30. The van der Waals surface area contributed by atoms with Crippen molar-refractivity contribution in [2.45, 2.75) is 20.0 Å². The largest absolute Gasteiger partial charge is 0.507 e. The fraction of sp³-hybridized carbons (Fsp3) is 0.176. The van der Waals surface area contributed by atoms with Gasteiger partial charge in [-0.05, 0) is 32.0 Å². The zero-order chi connectivity index (χ0) is 18.6. The third-order valence-electron chi connectivity index (χ3n) is 3.38. The van der Waals surface area contributed by atoms with E-state index < -0.39 is 22.9 Å². The van der Waals surface area contributed by atoms with Gasteiger partial charge < -0.3 is 15.2 Å². The number of nitrogens with one attached hydrogen (secondary N) is 1. The van der Waals surface area contributed by atoms with E-state index in [9.17, 15) is 24.8 Å². The number of amides is 1. The molecule has 0 saturated carbocycles. The molecule has 2 aromatic rings. The van der Waals surface area contributed by atoms with Gasteiger partial charge in [0.2, 0.25) is 0 Å². The van der Waals surface area contributed by atoms with E-state index >= 15 is 0 Å². The van der Waals surface area contributed by atoms with Crippen molar-refractivity contribution in [3.05, 3.63) is 63.7 Å². The van der Waals surface area contributed by atoms with Crippen molar-refractivity contribution in [2.75, 3.05) is 5.32 Å². The summed E-state index contributed by atoms with van der Waals surface area (Å²) in [5.41, 5.74) is 0.400. The van der Waals surface area contributed by atoms with Gasteiger partial charge in [0, 0.05) is 6.07 Å². The molecule has 8 heteroatoms. The minimum atomic E-state index is -1.22. The van der Waals surface area contributed by atoms with E-state index in [1.165, 1.54) is 43.3 Å². The number of rotatable bonds is 5. The minimum Gasteiger partial charge on any atom is -0.507 e. The molecule has 1 atom stereocenters. The number of hydrogen-bond acceptors (Lipinski definition) is 6. The molecular weight excluding hydrogens is 328 g/mol. The molecule has 0 unspecified atom stereocenters. The molecule has 0 saturated heterocycles. The van der Waals surface area contributed by atoms with E-state index in [0.29, 0.717) is 0 Å². The van der Waals surface area contributed by atoms with Crippen molar-refractivity contribution in [1.29, 1.82) is 0 Å². The maximum atomic E-state index is 12.1. The first-order chi connectivity index (χ1) is 11.8. The second kappa shape index (κ2) is 7.43. The standard InChI is InChI=1S/C17H16N2O6/c1-10-7-8-15(20)12(9-10)17(22)25-11(2)16(21)18-13-5-3-4-6-14(13)19(23)24/h3-9,11,20H,1-2H3,(H,18,21)/t11-/m0/s1. The van der Waals surface area contributed by atoms with Crippen LogP contribution in [0.15, 0.2) is 42.5 Å². The quantitative estimate of drug-likeness (QED) is 0.489. The fourth-order valence-corrected chi connectivity index (χ4v) is 2.06. The summed E-state index contributed by atoms with van der Waals surface area (Å²) in [6.07, 6.45) is -1.22. The van der Waals surface area contributed by atoms with Gasteiger partial charge in [-0.1, -0.05) is 23.8 Å². The number of ether oxygens (including phenoxy) is 1. The Labute approximate surface area is 143 Å². The molecule has 0 heterocycles. The Kier molecular flexibility index (Phi) is 5.33. The smallest absolute Gasteiger partial charge is 0.342 e. The number of carbonyl (C=O) groups excluding carboxylic acids is 2. The number of hydrogen-bond donors (Lipinski definition) is 2. The topological polar surface area (TPSA) is 119 Å². The van der Waals surface area contributed by atoms with Crippen LogP contribution >= 0.6 is 0 Å². The molecule has 0 fully saturated rings. The molecule has 0 aliphatic heterocycles. The first kappa shape index (κ1) is 17.9. The minimum absolute atomic E-state index is 0.00111. The zero-order valence-corrected chi connectivity index (χ0v) is 13.6. The molecule has 0 aliphatic carbocycles. The second-order valence-corrected chi connectivity index (χ2v) is 5.33. The van der Waals surface area contributed by atoms with E-state index in [4.69, 9.17) is 4.74 Å². The molecule has 8 nitrogen and oxygen atoms in total. The van der Waals surface area contributed by atoms with Crippen LogP contribution in [0.3, 0.4) is 0 Å². The molecule has 1 amide bonds. The van der Waals surface area contributed by atoms with Crippen molar-refractivity contribution in [3.8, 4) is 5.75 Å². The third-order valence-corrected chi connectivity index (χ3v) is 3.38. The number of phenols is 1. The van der Waals surface area contributed by atoms with Crippen molar-refractivity contribution in [1.82, 2.24) is 0 Å². The second-order valence-electron chi connectivity index (χ2n) is 5.33. The van der Waals surface area contributed by atoms with Crippen molar-refractivity contribution in [2.24, 2.45) is 0 Å². The summed E-state index contributed by atoms with van der Waals surface area (Å²) in [4.78, 5) is 34.5. The predicted molar refractivity (Wildman–Crippen MR) is 89.4 cm³/mol. The predicted octanol–water partition coefficient (Wildman–Crippen LogP) is 2.79. The number of esters is 1. The van der Waals surface area contributed by atoms with E-state index in [1.807, 2.05) is 0 Å². The molecule has 130 valence electrons. The lowest BCUT2D eigenvalue weighted by Gasteiger charge is -2.14. The van der Waals surface area contributed by atoms with Crippen LogP contribution in [0.4, 0.5) is 11.4 Å². The van der Waals surface area contributed by atoms with Crippen LogP contribution in [0.1, 0.15) is 22.8 Å². The molecule has 0 radical (unpaired) electrons. The summed E-state index contributed by atoms with van der Waals surface area (Å²) in [5.74, 6) is -1.86. The van der Waals surface area contributed by atoms with E-state index in [-0.39, 0.29) is 22.7 Å². The SMILES string of the molecule is Cc1ccc(O)c(C(=O)O[C@@H](C)C(=O)Nc2ccccc2[N+](=O)[O-])c1. The van der Waals surface area contributed by atoms with E-state index in [0.717, 1.165) is 5.56 Å². The normalized spacial score (nSPS) is 11.4. The van der Waals surface area contributed by atoms with Gasteiger partial charge in [0.05, 0.1) is 4.92 Å². The Hall–Kier alpha value is -3.42. The van der Waals surface area contributed by atoms with Crippen molar-refractivity contribution >= 4 is 23.3 Å². The van der Waals surface area contributed by atoms with Gasteiger partial charge in [0.25, 0.3) is 11.6 Å². The maximum absolute atomic E-state index is 12.1. The average molecular weight is 344 g/mol. The number of nitro groups is 1. The van der Waals surface area contributed by atoms with E-state index in [2.05, 4.69) is 5.32 Å². The molecule has 2 aromatic carbocycles.